The molecule has 0 saturated carbocycles. The van der Waals surface area contributed by atoms with E-state index in [0.29, 0.717) is 19.4 Å². The maximum atomic E-state index is 11.8. The van der Waals surface area contributed by atoms with Crippen LogP contribution in [0.4, 0.5) is 5.69 Å². The van der Waals surface area contributed by atoms with Crippen LogP contribution in [0.25, 0.3) is 10.9 Å². The Morgan fingerprint density at radius 2 is 2.04 bits per heavy atom. The van der Waals surface area contributed by atoms with E-state index in [0.717, 1.165) is 50.5 Å². The van der Waals surface area contributed by atoms with Gasteiger partial charge in [0, 0.05) is 55.4 Å². The van der Waals surface area contributed by atoms with E-state index < -0.39 is 0 Å². The summed E-state index contributed by atoms with van der Waals surface area (Å²) in [5, 5.41) is 4.08. The second kappa shape index (κ2) is 8.28. The molecule has 0 unspecified atom stereocenters. The molecule has 6 heteroatoms. The van der Waals surface area contributed by atoms with Gasteiger partial charge in [0.2, 0.25) is 5.91 Å². The number of nitrogens with two attached hydrogens (primary N) is 1. The molecule has 1 saturated heterocycles. The minimum atomic E-state index is 0.0200. The highest BCUT2D eigenvalue weighted by Crippen LogP contribution is 2.21. The third kappa shape index (κ3) is 4.35. The fraction of sp³-hybridized carbons (Fsp3) is 0.500. The number of morpholine rings is 1. The third-order valence-electron chi connectivity index (χ3n) is 4.42. The number of amides is 1. The van der Waals surface area contributed by atoms with Crippen molar-refractivity contribution < 1.29 is 9.53 Å². The molecule has 3 N–H and O–H groups in total. The molecule has 2 heterocycles. The van der Waals surface area contributed by atoms with Crippen LogP contribution in [0.3, 0.4) is 0 Å². The van der Waals surface area contributed by atoms with Gasteiger partial charge in [-0.05, 0) is 37.2 Å². The maximum absolute atomic E-state index is 11.8. The van der Waals surface area contributed by atoms with Gasteiger partial charge in [0.05, 0.1) is 13.2 Å². The summed E-state index contributed by atoms with van der Waals surface area (Å²) in [6.45, 7) is 6.23. The predicted molar refractivity (Wildman–Crippen MR) is 96.1 cm³/mol. The number of nitrogens with one attached hydrogen (secondary N) is 1. The summed E-state index contributed by atoms with van der Waals surface area (Å²) in [6, 6.07) is 8.17. The van der Waals surface area contributed by atoms with Gasteiger partial charge in [-0.3, -0.25) is 9.69 Å². The Morgan fingerprint density at radius 3 is 2.83 bits per heavy atom. The molecule has 0 radical (unpaired) electrons. The summed E-state index contributed by atoms with van der Waals surface area (Å²) in [7, 11) is 0. The lowest BCUT2D eigenvalue weighted by molar-refractivity contribution is -0.116. The van der Waals surface area contributed by atoms with E-state index in [4.69, 9.17) is 10.5 Å². The molecule has 1 aromatic heterocycles. The zero-order chi connectivity index (χ0) is 16.8. The molecule has 3 rings (SSSR count). The standard InChI is InChI=1S/C18H26N4O2/c19-6-1-2-18(23)20-16-3-4-17-15(14-16)5-7-22(17)9-8-21-10-12-24-13-11-21/h3-5,7,14H,1-2,6,8-13,19H2,(H,20,23). The van der Waals surface area contributed by atoms with Gasteiger partial charge in [-0.2, -0.15) is 0 Å². The smallest absolute Gasteiger partial charge is 0.224 e. The van der Waals surface area contributed by atoms with Gasteiger partial charge >= 0.3 is 0 Å². The summed E-state index contributed by atoms with van der Waals surface area (Å²) in [4.78, 5) is 14.2. The Hall–Kier alpha value is -1.89. The first-order chi connectivity index (χ1) is 11.8. The number of carbonyl (C=O) groups excluding carboxylic acids is 1. The lowest BCUT2D eigenvalue weighted by Gasteiger charge is -2.26. The summed E-state index contributed by atoms with van der Waals surface area (Å²) >= 11 is 0. The third-order valence-corrected chi connectivity index (χ3v) is 4.42. The topological polar surface area (TPSA) is 72.5 Å². The summed E-state index contributed by atoms with van der Waals surface area (Å²) in [5.74, 6) is 0.0200. The van der Waals surface area contributed by atoms with Gasteiger partial charge in [0.25, 0.3) is 0 Å². The Labute approximate surface area is 142 Å². The zero-order valence-corrected chi connectivity index (χ0v) is 14.0. The average Bonchev–Trinajstić information content (AvgIpc) is 3.01. The van der Waals surface area contributed by atoms with Crippen molar-refractivity contribution in [1.82, 2.24) is 9.47 Å². The largest absolute Gasteiger partial charge is 0.379 e. The molecule has 24 heavy (non-hydrogen) atoms. The fourth-order valence-electron chi connectivity index (χ4n) is 3.03. The molecule has 1 fully saturated rings. The summed E-state index contributed by atoms with van der Waals surface area (Å²) < 4.78 is 7.66. The summed E-state index contributed by atoms with van der Waals surface area (Å²) in [5.41, 5.74) is 7.48. The number of fused-ring (bicyclic) bond motifs is 1. The molecule has 1 aromatic carbocycles. The summed E-state index contributed by atoms with van der Waals surface area (Å²) in [6.07, 6.45) is 3.30. The average molecular weight is 330 g/mol. The number of nitrogens with zero attached hydrogens (tertiary/aromatic N) is 2. The van der Waals surface area contributed by atoms with Crippen molar-refractivity contribution in [1.29, 1.82) is 0 Å². The number of hydrogen-bond donors (Lipinski definition) is 2. The second-order valence-corrected chi connectivity index (χ2v) is 6.18. The second-order valence-electron chi connectivity index (χ2n) is 6.18. The number of rotatable bonds is 7. The van der Waals surface area contributed by atoms with Crippen LogP contribution < -0.4 is 11.1 Å². The first-order valence-electron chi connectivity index (χ1n) is 8.65. The fourth-order valence-corrected chi connectivity index (χ4v) is 3.03. The molecular weight excluding hydrogens is 304 g/mol. The van der Waals surface area contributed by atoms with Gasteiger partial charge < -0.3 is 20.4 Å². The van der Waals surface area contributed by atoms with Crippen molar-refractivity contribution >= 4 is 22.5 Å². The Bertz CT molecular complexity index is 677. The number of ether oxygens (including phenoxy) is 1. The monoisotopic (exact) mass is 330 g/mol. The Balaban J connectivity index is 1.61. The lowest BCUT2D eigenvalue weighted by atomic mass is 10.2. The van der Waals surface area contributed by atoms with Crippen LogP contribution in [0.2, 0.25) is 0 Å². The van der Waals surface area contributed by atoms with Crippen LogP contribution in [0.15, 0.2) is 30.5 Å². The van der Waals surface area contributed by atoms with E-state index in [1.165, 1.54) is 5.52 Å². The molecule has 1 aliphatic heterocycles. The number of benzene rings is 1. The number of aromatic nitrogens is 1. The van der Waals surface area contributed by atoms with Crippen molar-refractivity contribution in [3.63, 3.8) is 0 Å². The van der Waals surface area contributed by atoms with Crippen molar-refractivity contribution in [2.24, 2.45) is 5.73 Å². The molecule has 130 valence electrons. The van der Waals surface area contributed by atoms with Crippen molar-refractivity contribution in [3.8, 4) is 0 Å². The SMILES string of the molecule is NCCCC(=O)Nc1ccc2c(ccn2CCN2CCOCC2)c1. The highest BCUT2D eigenvalue weighted by atomic mass is 16.5. The van der Waals surface area contributed by atoms with Gasteiger partial charge in [0.1, 0.15) is 0 Å². The van der Waals surface area contributed by atoms with Crippen molar-refractivity contribution in [2.45, 2.75) is 19.4 Å². The zero-order valence-electron chi connectivity index (χ0n) is 14.0. The van der Waals surface area contributed by atoms with Crippen LogP contribution in [-0.2, 0) is 16.1 Å². The molecule has 0 spiro atoms. The first kappa shape index (κ1) is 17.0. The van der Waals surface area contributed by atoms with E-state index in [1.807, 2.05) is 12.1 Å². The van der Waals surface area contributed by atoms with Crippen LogP contribution >= 0.6 is 0 Å². The van der Waals surface area contributed by atoms with Gasteiger partial charge in [-0.15, -0.1) is 0 Å². The van der Waals surface area contributed by atoms with E-state index in [1.54, 1.807) is 0 Å². The van der Waals surface area contributed by atoms with Crippen LogP contribution in [0.1, 0.15) is 12.8 Å². The van der Waals surface area contributed by atoms with E-state index in [9.17, 15) is 4.79 Å². The van der Waals surface area contributed by atoms with Gasteiger partial charge in [0.15, 0.2) is 0 Å². The number of hydrogen-bond acceptors (Lipinski definition) is 4. The molecular formula is C18H26N4O2. The highest BCUT2D eigenvalue weighted by molar-refractivity contribution is 5.93. The quantitative estimate of drug-likeness (QED) is 0.810. The molecule has 2 aromatic rings. The van der Waals surface area contributed by atoms with Crippen LogP contribution in [-0.4, -0.2) is 54.8 Å². The number of anilines is 1. The Kier molecular flexibility index (Phi) is 5.85. The Morgan fingerprint density at radius 1 is 1.21 bits per heavy atom. The lowest BCUT2D eigenvalue weighted by Crippen LogP contribution is -2.38. The van der Waals surface area contributed by atoms with Gasteiger partial charge in [-0.1, -0.05) is 0 Å². The first-order valence-corrected chi connectivity index (χ1v) is 8.65. The molecule has 1 amide bonds. The molecule has 6 nitrogen and oxygen atoms in total. The van der Waals surface area contributed by atoms with Crippen LogP contribution in [0.5, 0.6) is 0 Å². The van der Waals surface area contributed by atoms with Gasteiger partial charge in [-0.25, -0.2) is 0 Å². The van der Waals surface area contributed by atoms with Crippen LogP contribution in [0, 0.1) is 0 Å². The maximum Gasteiger partial charge on any atom is 0.224 e. The normalized spacial score (nSPS) is 15.7. The molecule has 1 aliphatic rings. The molecule has 0 bridgehead atoms. The highest BCUT2D eigenvalue weighted by Gasteiger charge is 2.11. The van der Waals surface area contributed by atoms with Crippen molar-refractivity contribution in [3.05, 3.63) is 30.5 Å². The number of carbonyl (C=O) groups is 1. The van der Waals surface area contributed by atoms with Crippen molar-refractivity contribution in [2.75, 3.05) is 44.7 Å². The minimum Gasteiger partial charge on any atom is -0.379 e. The van der Waals surface area contributed by atoms with E-state index >= 15 is 0 Å². The minimum absolute atomic E-state index is 0.0200. The van der Waals surface area contributed by atoms with E-state index in [-0.39, 0.29) is 5.91 Å². The van der Waals surface area contributed by atoms with E-state index in [2.05, 4.69) is 33.1 Å². The molecule has 0 atom stereocenters. The molecule has 0 aliphatic carbocycles. The predicted octanol–water partition coefficient (Wildman–Crippen LogP) is 1.65.